The van der Waals surface area contributed by atoms with Crippen LogP contribution in [0.3, 0.4) is 0 Å². The van der Waals surface area contributed by atoms with Gasteiger partial charge in [-0.3, -0.25) is 4.79 Å². The van der Waals surface area contributed by atoms with Crippen LogP contribution in [0.4, 0.5) is 4.39 Å². The van der Waals surface area contributed by atoms with E-state index in [-0.39, 0.29) is 17.3 Å². The molecular weight excluding hydrogens is 162 g/mol. The Balaban J connectivity index is 3.27. The maximum Gasteiger partial charge on any atom is 0.489 e. The van der Waals surface area contributed by atoms with E-state index in [1.165, 1.54) is 12.1 Å². The van der Waals surface area contributed by atoms with Crippen LogP contribution in [-0.4, -0.2) is 23.5 Å². The molecule has 0 aliphatic rings. The second-order valence-electron chi connectivity index (χ2n) is 2.23. The van der Waals surface area contributed by atoms with E-state index in [0.29, 0.717) is 0 Å². The fourth-order valence-electron chi connectivity index (χ4n) is 0.903. The summed E-state index contributed by atoms with van der Waals surface area (Å²) < 4.78 is 12.8. The van der Waals surface area contributed by atoms with Crippen molar-refractivity contribution >= 4 is 18.9 Å². The molecule has 0 spiro atoms. The quantitative estimate of drug-likeness (QED) is 0.454. The van der Waals surface area contributed by atoms with Crippen LogP contribution in [0.2, 0.25) is 0 Å². The fourth-order valence-corrected chi connectivity index (χ4v) is 0.903. The third kappa shape index (κ3) is 1.52. The van der Waals surface area contributed by atoms with E-state index in [4.69, 9.17) is 10.0 Å². The fraction of sp³-hybridized carbons (Fsp3) is 0. The number of halogens is 1. The van der Waals surface area contributed by atoms with Gasteiger partial charge in [0.05, 0.1) is 0 Å². The monoisotopic (exact) mass is 168 g/mol. The highest BCUT2D eigenvalue weighted by atomic mass is 19.1. The van der Waals surface area contributed by atoms with Gasteiger partial charge >= 0.3 is 7.12 Å². The first-order valence-electron chi connectivity index (χ1n) is 3.26. The number of rotatable bonds is 2. The van der Waals surface area contributed by atoms with E-state index in [0.717, 1.165) is 6.07 Å². The Morgan fingerprint density at radius 1 is 1.42 bits per heavy atom. The van der Waals surface area contributed by atoms with Crippen molar-refractivity contribution < 1.29 is 19.2 Å². The van der Waals surface area contributed by atoms with E-state index in [2.05, 4.69) is 0 Å². The van der Waals surface area contributed by atoms with Gasteiger partial charge in [0.15, 0.2) is 6.29 Å². The molecule has 2 N–H and O–H groups in total. The first kappa shape index (κ1) is 8.90. The zero-order valence-electron chi connectivity index (χ0n) is 6.07. The molecule has 3 nitrogen and oxygen atoms in total. The molecule has 0 aliphatic heterocycles. The Hall–Kier alpha value is -1.20. The van der Waals surface area contributed by atoms with Crippen molar-refractivity contribution in [3.05, 3.63) is 29.6 Å². The summed E-state index contributed by atoms with van der Waals surface area (Å²) in [4.78, 5) is 10.3. The molecule has 1 aromatic rings. The summed E-state index contributed by atoms with van der Waals surface area (Å²) in [7, 11) is -1.82. The zero-order valence-corrected chi connectivity index (χ0v) is 6.07. The number of benzene rings is 1. The van der Waals surface area contributed by atoms with Crippen LogP contribution in [-0.2, 0) is 0 Å². The molecule has 0 radical (unpaired) electrons. The van der Waals surface area contributed by atoms with Crippen molar-refractivity contribution in [2.24, 2.45) is 0 Å². The average molecular weight is 168 g/mol. The topological polar surface area (TPSA) is 57.5 Å². The number of hydrogen-bond donors (Lipinski definition) is 2. The third-order valence-electron chi connectivity index (χ3n) is 1.48. The minimum Gasteiger partial charge on any atom is -0.423 e. The Kier molecular flexibility index (Phi) is 2.57. The van der Waals surface area contributed by atoms with Gasteiger partial charge in [0.2, 0.25) is 0 Å². The molecule has 0 aromatic heterocycles. The van der Waals surface area contributed by atoms with Gasteiger partial charge in [-0.2, -0.15) is 0 Å². The van der Waals surface area contributed by atoms with Gasteiger partial charge in [-0.25, -0.2) is 4.39 Å². The van der Waals surface area contributed by atoms with Gasteiger partial charge in [-0.05, 0) is 11.5 Å². The predicted octanol–water partition coefficient (Wildman–Crippen LogP) is -0.682. The zero-order chi connectivity index (χ0) is 9.14. The second-order valence-corrected chi connectivity index (χ2v) is 2.23. The highest BCUT2D eigenvalue weighted by Crippen LogP contribution is 2.01. The molecule has 1 rings (SSSR count). The van der Waals surface area contributed by atoms with E-state index in [1.807, 2.05) is 0 Å². The Morgan fingerprint density at radius 2 is 2.08 bits per heavy atom. The summed E-state index contributed by atoms with van der Waals surface area (Å²) >= 11 is 0. The van der Waals surface area contributed by atoms with Crippen LogP contribution in [0.15, 0.2) is 18.2 Å². The molecular formula is C7H6BFO3. The molecule has 0 amide bonds. The maximum atomic E-state index is 12.8. The van der Waals surface area contributed by atoms with Crippen LogP contribution in [0.25, 0.3) is 0 Å². The van der Waals surface area contributed by atoms with Crippen LogP contribution >= 0.6 is 0 Å². The molecule has 0 unspecified atom stereocenters. The largest absolute Gasteiger partial charge is 0.489 e. The summed E-state index contributed by atoms with van der Waals surface area (Å²) in [5, 5.41) is 17.4. The summed E-state index contributed by atoms with van der Waals surface area (Å²) in [6.07, 6.45) is 0.254. The van der Waals surface area contributed by atoms with Crippen LogP contribution < -0.4 is 5.46 Å². The molecule has 0 atom stereocenters. The second kappa shape index (κ2) is 3.47. The highest BCUT2D eigenvalue weighted by molar-refractivity contribution is 6.60. The first-order valence-corrected chi connectivity index (χ1v) is 3.26. The van der Waals surface area contributed by atoms with Gasteiger partial charge < -0.3 is 10.0 Å². The molecule has 5 heteroatoms. The van der Waals surface area contributed by atoms with E-state index in [1.54, 1.807) is 0 Å². The lowest BCUT2D eigenvalue weighted by molar-refractivity contribution is 0.112. The Bertz CT molecular complexity index is 301. The number of aldehydes is 1. The number of hydrogen-bond acceptors (Lipinski definition) is 3. The summed E-state index contributed by atoms with van der Waals surface area (Å²) in [6, 6.07) is 3.66. The van der Waals surface area contributed by atoms with Crippen molar-refractivity contribution in [2.45, 2.75) is 0 Å². The lowest BCUT2D eigenvalue weighted by atomic mass is 9.77. The first-order chi connectivity index (χ1) is 5.66. The van der Waals surface area contributed by atoms with Crippen LogP contribution in [0.1, 0.15) is 10.4 Å². The minimum absolute atomic E-state index is 0.120. The molecule has 0 bridgehead atoms. The Labute approximate surface area is 68.6 Å². The van der Waals surface area contributed by atoms with Gasteiger partial charge in [-0.1, -0.05) is 12.1 Å². The Morgan fingerprint density at radius 3 is 2.50 bits per heavy atom. The smallest absolute Gasteiger partial charge is 0.423 e. The molecule has 0 aliphatic carbocycles. The summed E-state index contributed by atoms with van der Waals surface area (Å²) in [5.74, 6) is -0.754. The molecule has 0 saturated heterocycles. The molecule has 1 aromatic carbocycles. The van der Waals surface area contributed by atoms with E-state index in [9.17, 15) is 9.18 Å². The van der Waals surface area contributed by atoms with E-state index >= 15 is 0 Å². The van der Waals surface area contributed by atoms with Crippen LogP contribution in [0, 0.1) is 5.82 Å². The van der Waals surface area contributed by atoms with E-state index < -0.39 is 12.9 Å². The van der Waals surface area contributed by atoms with Crippen molar-refractivity contribution in [1.82, 2.24) is 0 Å². The number of carbonyl (C=O) groups excluding carboxylic acids is 1. The standard InChI is InChI=1S/C7H6BFO3/c9-7-3-1-2-6(8(11)12)5(7)4-10/h1-4,11-12H. The summed E-state index contributed by atoms with van der Waals surface area (Å²) in [6.45, 7) is 0. The van der Waals surface area contributed by atoms with Crippen molar-refractivity contribution in [1.29, 1.82) is 0 Å². The van der Waals surface area contributed by atoms with Crippen molar-refractivity contribution in [2.75, 3.05) is 0 Å². The van der Waals surface area contributed by atoms with Gasteiger partial charge in [-0.15, -0.1) is 0 Å². The predicted molar refractivity (Wildman–Crippen MR) is 41.6 cm³/mol. The lowest BCUT2D eigenvalue weighted by Gasteiger charge is -2.02. The SMILES string of the molecule is O=Cc1c(F)cccc1B(O)O. The molecule has 12 heavy (non-hydrogen) atoms. The minimum atomic E-state index is -1.82. The number of carbonyl (C=O) groups is 1. The molecule has 0 saturated carbocycles. The third-order valence-corrected chi connectivity index (χ3v) is 1.48. The van der Waals surface area contributed by atoms with Crippen LogP contribution in [0.5, 0.6) is 0 Å². The normalized spacial score (nSPS) is 9.58. The maximum absolute atomic E-state index is 12.8. The molecule has 62 valence electrons. The molecule has 0 fully saturated rings. The van der Waals surface area contributed by atoms with Crippen molar-refractivity contribution in [3.63, 3.8) is 0 Å². The van der Waals surface area contributed by atoms with Gasteiger partial charge in [0, 0.05) is 5.56 Å². The van der Waals surface area contributed by atoms with Gasteiger partial charge in [0.1, 0.15) is 5.82 Å². The summed E-state index contributed by atoms with van der Waals surface area (Å²) in [5.41, 5.74) is -0.433. The average Bonchev–Trinajstić information content (AvgIpc) is 2.03. The lowest BCUT2D eigenvalue weighted by Crippen LogP contribution is -2.33. The molecule has 0 heterocycles. The van der Waals surface area contributed by atoms with Gasteiger partial charge in [0.25, 0.3) is 0 Å². The highest BCUT2D eigenvalue weighted by Gasteiger charge is 2.17. The van der Waals surface area contributed by atoms with Crippen molar-refractivity contribution in [3.8, 4) is 0 Å².